The zero-order chi connectivity index (χ0) is 16.2. The van der Waals surface area contributed by atoms with Gasteiger partial charge in [0, 0.05) is 11.1 Å². The van der Waals surface area contributed by atoms with Gasteiger partial charge in [-0.2, -0.15) is 0 Å². The molecule has 1 aliphatic rings. The minimum atomic E-state index is -0.449. The normalized spacial score (nSPS) is 12.5. The number of rotatable bonds is 4. The highest BCUT2D eigenvalue weighted by molar-refractivity contribution is 6.12. The smallest absolute Gasteiger partial charge is 0.344 e. The van der Waals surface area contributed by atoms with Crippen LogP contribution in [0.15, 0.2) is 42.5 Å². The number of carbonyl (C=O) groups excluding carboxylic acids is 2. The number of ketones is 1. The maximum atomic E-state index is 12.7. The van der Waals surface area contributed by atoms with Crippen LogP contribution in [0.5, 0.6) is 11.5 Å². The van der Waals surface area contributed by atoms with Gasteiger partial charge in [-0.3, -0.25) is 4.79 Å². The first-order valence-corrected chi connectivity index (χ1v) is 7.37. The number of carbonyl (C=O) groups is 2. The molecule has 0 aromatic heterocycles. The van der Waals surface area contributed by atoms with E-state index >= 15 is 0 Å². The zero-order valence-corrected chi connectivity index (χ0v) is 12.7. The molecule has 0 spiro atoms. The lowest BCUT2D eigenvalue weighted by Gasteiger charge is -2.10. The van der Waals surface area contributed by atoms with Crippen LogP contribution in [0.25, 0.3) is 0 Å². The summed E-state index contributed by atoms with van der Waals surface area (Å²) in [5, 5.41) is 0. The van der Waals surface area contributed by atoms with E-state index < -0.39 is 5.97 Å². The monoisotopic (exact) mass is 312 g/mol. The first-order chi connectivity index (χ1) is 11.2. The molecule has 0 amide bonds. The van der Waals surface area contributed by atoms with E-state index in [9.17, 15) is 9.59 Å². The van der Waals surface area contributed by atoms with Crippen LogP contribution in [0.3, 0.4) is 0 Å². The fourth-order valence-electron chi connectivity index (χ4n) is 2.42. The third-order valence-corrected chi connectivity index (χ3v) is 3.50. The van der Waals surface area contributed by atoms with Crippen molar-refractivity contribution in [2.75, 3.05) is 13.2 Å². The van der Waals surface area contributed by atoms with Gasteiger partial charge in [-0.1, -0.05) is 24.3 Å². The Hall–Kier alpha value is -2.82. The molecule has 0 radical (unpaired) electrons. The molecule has 1 heterocycles. The summed E-state index contributed by atoms with van der Waals surface area (Å²) >= 11 is 0. The number of hydrogen-bond donors (Lipinski definition) is 0. The van der Waals surface area contributed by atoms with E-state index in [1.807, 2.05) is 18.2 Å². The lowest BCUT2D eigenvalue weighted by atomic mass is 9.99. The summed E-state index contributed by atoms with van der Waals surface area (Å²) in [5.41, 5.74) is 1.90. The van der Waals surface area contributed by atoms with Crippen LogP contribution < -0.4 is 9.47 Å². The van der Waals surface area contributed by atoms with Gasteiger partial charge in [0.25, 0.3) is 0 Å². The summed E-state index contributed by atoms with van der Waals surface area (Å²) < 4.78 is 15.9. The summed E-state index contributed by atoms with van der Waals surface area (Å²) in [6.07, 6.45) is 0. The van der Waals surface area contributed by atoms with Gasteiger partial charge in [-0.15, -0.1) is 0 Å². The Kier molecular flexibility index (Phi) is 4.28. The molecule has 5 heteroatoms. The van der Waals surface area contributed by atoms with Gasteiger partial charge in [0.1, 0.15) is 18.1 Å². The van der Waals surface area contributed by atoms with Crippen molar-refractivity contribution in [2.45, 2.75) is 13.5 Å². The van der Waals surface area contributed by atoms with Gasteiger partial charge in [-0.25, -0.2) is 4.79 Å². The highest BCUT2D eigenvalue weighted by Gasteiger charge is 2.22. The molecule has 0 aliphatic carbocycles. The third kappa shape index (κ3) is 3.18. The largest absolute Gasteiger partial charge is 0.488 e. The molecular formula is C18H16O5. The lowest BCUT2D eigenvalue weighted by Crippen LogP contribution is -2.14. The average molecular weight is 312 g/mol. The minimum absolute atomic E-state index is 0.116. The van der Waals surface area contributed by atoms with Crippen molar-refractivity contribution in [3.63, 3.8) is 0 Å². The summed E-state index contributed by atoms with van der Waals surface area (Å²) in [4.78, 5) is 24.0. The van der Waals surface area contributed by atoms with Crippen molar-refractivity contribution >= 4 is 11.8 Å². The molecule has 0 unspecified atom stereocenters. The highest BCUT2D eigenvalue weighted by atomic mass is 16.6. The van der Waals surface area contributed by atoms with Crippen LogP contribution in [-0.4, -0.2) is 25.0 Å². The molecule has 0 atom stereocenters. The van der Waals surface area contributed by atoms with E-state index in [1.54, 1.807) is 31.2 Å². The van der Waals surface area contributed by atoms with Crippen LogP contribution in [0.4, 0.5) is 0 Å². The molecule has 0 saturated heterocycles. The van der Waals surface area contributed by atoms with Gasteiger partial charge < -0.3 is 14.2 Å². The summed E-state index contributed by atoms with van der Waals surface area (Å²) in [6.45, 7) is 2.18. The quantitative estimate of drug-likeness (QED) is 0.812. The van der Waals surface area contributed by atoms with E-state index in [-0.39, 0.29) is 12.4 Å². The fourth-order valence-corrected chi connectivity index (χ4v) is 2.42. The van der Waals surface area contributed by atoms with E-state index in [0.717, 1.165) is 5.56 Å². The molecule has 0 saturated carbocycles. The van der Waals surface area contributed by atoms with Crippen LogP contribution in [0, 0.1) is 0 Å². The maximum absolute atomic E-state index is 12.7. The molecule has 2 aromatic rings. The van der Waals surface area contributed by atoms with Crippen LogP contribution in [-0.2, 0) is 16.1 Å². The molecule has 0 N–H and O–H groups in total. The van der Waals surface area contributed by atoms with Gasteiger partial charge in [0.15, 0.2) is 12.4 Å². The van der Waals surface area contributed by atoms with Crippen LogP contribution in [0.2, 0.25) is 0 Å². The summed E-state index contributed by atoms with van der Waals surface area (Å²) in [6, 6.07) is 12.3. The Bertz CT molecular complexity index is 751. The van der Waals surface area contributed by atoms with Crippen LogP contribution in [0.1, 0.15) is 28.4 Å². The van der Waals surface area contributed by atoms with Gasteiger partial charge in [0.2, 0.25) is 0 Å². The number of ether oxygens (including phenoxy) is 3. The Labute approximate surface area is 133 Å². The third-order valence-electron chi connectivity index (χ3n) is 3.50. The second-order valence-corrected chi connectivity index (χ2v) is 5.03. The Morgan fingerprint density at radius 2 is 2.00 bits per heavy atom. The van der Waals surface area contributed by atoms with Crippen molar-refractivity contribution in [3.8, 4) is 11.5 Å². The Morgan fingerprint density at radius 3 is 2.83 bits per heavy atom. The molecule has 2 aromatic carbocycles. The van der Waals surface area contributed by atoms with Gasteiger partial charge in [-0.05, 0) is 25.1 Å². The summed E-state index contributed by atoms with van der Waals surface area (Å²) in [5.74, 6) is 0.368. The predicted octanol–water partition coefficient (Wildman–Crippen LogP) is 2.75. The number of benzene rings is 2. The van der Waals surface area contributed by atoms with Crippen molar-refractivity contribution < 1.29 is 23.8 Å². The molecule has 5 nitrogen and oxygen atoms in total. The lowest BCUT2D eigenvalue weighted by molar-refractivity contribution is -0.145. The standard InChI is InChI=1S/C18H16O5/c1-2-21-17(19)11-22-13-7-8-16-15(9-13)18(20)14-6-4-3-5-12(14)10-23-16/h3-9H,2,10-11H2,1H3. The minimum Gasteiger partial charge on any atom is -0.488 e. The van der Waals surface area contributed by atoms with Crippen molar-refractivity contribution in [1.82, 2.24) is 0 Å². The second-order valence-electron chi connectivity index (χ2n) is 5.03. The van der Waals surface area contributed by atoms with Crippen molar-refractivity contribution in [1.29, 1.82) is 0 Å². The van der Waals surface area contributed by atoms with E-state index in [0.29, 0.717) is 35.8 Å². The van der Waals surface area contributed by atoms with Gasteiger partial charge in [0.05, 0.1) is 12.2 Å². The second kappa shape index (κ2) is 6.52. The number of esters is 1. The fraction of sp³-hybridized carbons (Fsp3) is 0.222. The van der Waals surface area contributed by atoms with Crippen LogP contribution >= 0.6 is 0 Å². The van der Waals surface area contributed by atoms with E-state index in [2.05, 4.69) is 0 Å². The van der Waals surface area contributed by atoms with Gasteiger partial charge >= 0.3 is 5.97 Å². The summed E-state index contributed by atoms with van der Waals surface area (Å²) in [7, 11) is 0. The first kappa shape index (κ1) is 15.1. The van der Waals surface area contributed by atoms with E-state index in [4.69, 9.17) is 14.2 Å². The SMILES string of the molecule is CCOC(=O)COc1ccc2c(c1)C(=O)c1ccccc1CO2. The zero-order valence-electron chi connectivity index (χ0n) is 12.7. The molecular weight excluding hydrogens is 296 g/mol. The van der Waals surface area contributed by atoms with Crippen molar-refractivity contribution in [3.05, 3.63) is 59.2 Å². The molecule has 118 valence electrons. The highest BCUT2D eigenvalue weighted by Crippen LogP contribution is 2.31. The van der Waals surface area contributed by atoms with Crippen molar-refractivity contribution in [2.24, 2.45) is 0 Å². The predicted molar refractivity (Wildman–Crippen MR) is 82.8 cm³/mol. The Balaban J connectivity index is 1.85. The number of hydrogen-bond acceptors (Lipinski definition) is 5. The first-order valence-electron chi connectivity index (χ1n) is 7.37. The van der Waals surface area contributed by atoms with E-state index in [1.165, 1.54) is 0 Å². The topological polar surface area (TPSA) is 61.8 Å². The molecule has 0 bridgehead atoms. The average Bonchev–Trinajstić information content (AvgIpc) is 2.71. The molecule has 0 fully saturated rings. The maximum Gasteiger partial charge on any atom is 0.344 e. The molecule has 23 heavy (non-hydrogen) atoms. The number of fused-ring (bicyclic) bond motifs is 2. The molecule has 3 rings (SSSR count). The molecule has 1 aliphatic heterocycles. The Morgan fingerprint density at radius 1 is 1.17 bits per heavy atom.